The van der Waals surface area contributed by atoms with Crippen molar-refractivity contribution in [1.82, 2.24) is 10.2 Å². The van der Waals surface area contributed by atoms with Crippen molar-refractivity contribution in [3.8, 4) is 0 Å². The quantitative estimate of drug-likeness (QED) is 0.286. The SMILES string of the molecule is CCOC(=O)[C@H]1CC=C(C2=CC[C@@]3(C)C(CC[C@@]4(C)C5CC[C@@]6(NCCN7CCS(=O)(=O)CC7)CCCC6[C@H]5CCC43)C2(C)C)CC1. The summed E-state index contributed by atoms with van der Waals surface area (Å²) in [6.45, 7) is 16.3. The summed E-state index contributed by atoms with van der Waals surface area (Å²) >= 11 is 0. The monoisotopic (exact) mass is 668 g/mol. The van der Waals surface area contributed by atoms with Crippen molar-refractivity contribution in [1.29, 1.82) is 0 Å². The molecule has 1 N–H and O–H groups in total. The summed E-state index contributed by atoms with van der Waals surface area (Å²) in [6, 6.07) is 0. The highest BCUT2D eigenvalue weighted by Crippen LogP contribution is 2.72. The van der Waals surface area contributed by atoms with E-state index in [9.17, 15) is 13.2 Å². The van der Waals surface area contributed by atoms with Crippen LogP contribution in [0.15, 0.2) is 23.3 Å². The number of nitrogens with zero attached hydrogens (tertiary/aromatic N) is 1. The van der Waals surface area contributed by atoms with Gasteiger partial charge in [0.05, 0.1) is 24.0 Å². The van der Waals surface area contributed by atoms with Gasteiger partial charge in [0.2, 0.25) is 0 Å². The summed E-state index contributed by atoms with van der Waals surface area (Å²) in [7, 11) is -2.82. The van der Waals surface area contributed by atoms with Gasteiger partial charge in [-0.05, 0) is 141 Å². The highest BCUT2D eigenvalue weighted by molar-refractivity contribution is 7.91. The third kappa shape index (κ3) is 5.82. The van der Waals surface area contributed by atoms with Crippen LogP contribution >= 0.6 is 0 Å². The third-order valence-electron chi connectivity index (χ3n) is 15.8. The van der Waals surface area contributed by atoms with Crippen LogP contribution in [-0.2, 0) is 19.4 Å². The fraction of sp³-hybridized carbons (Fsp3) is 0.875. The Labute approximate surface area is 286 Å². The van der Waals surface area contributed by atoms with E-state index in [0.717, 1.165) is 56.0 Å². The van der Waals surface area contributed by atoms with Crippen LogP contribution in [0.2, 0.25) is 0 Å². The molecule has 7 heteroatoms. The molecule has 7 rings (SSSR count). The highest BCUT2D eigenvalue weighted by Gasteiger charge is 2.65. The van der Waals surface area contributed by atoms with E-state index >= 15 is 0 Å². The smallest absolute Gasteiger partial charge is 0.309 e. The first-order valence-electron chi connectivity index (χ1n) is 19.6. The number of fused-ring (bicyclic) bond motifs is 7. The maximum Gasteiger partial charge on any atom is 0.309 e. The van der Waals surface area contributed by atoms with Crippen molar-refractivity contribution < 1.29 is 17.9 Å². The fourth-order valence-electron chi connectivity index (χ4n) is 13.7. The van der Waals surface area contributed by atoms with Gasteiger partial charge in [0.15, 0.2) is 9.84 Å². The molecule has 0 amide bonds. The molecule has 9 atom stereocenters. The van der Waals surface area contributed by atoms with Crippen molar-refractivity contribution in [2.75, 3.05) is 44.3 Å². The van der Waals surface area contributed by atoms with Crippen LogP contribution in [0.5, 0.6) is 0 Å². The Morgan fingerprint density at radius 2 is 1.70 bits per heavy atom. The fourth-order valence-corrected chi connectivity index (χ4v) is 14.9. The van der Waals surface area contributed by atoms with Crippen LogP contribution in [0.25, 0.3) is 0 Å². The number of hydrogen-bond acceptors (Lipinski definition) is 6. The number of carbonyl (C=O) groups is 1. The van der Waals surface area contributed by atoms with Crippen molar-refractivity contribution in [2.24, 2.45) is 51.8 Å². The molecule has 1 saturated heterocycles. The van der Waals surface area contributed by atoms with Crippen LogP contribution in [0.4, 0.5) is 0 Å². The maximum absolute atomic E-state index is 12.4. The van der Waals surface area contributed by atoms with Crippen LogP contribution in [0.3, 0.4) is 0 Å². The lowest BCUT2D eigenvalue weighted by Crippen LogP contribution is -2.64. The minimum absolute atomic E-state index is 0.0141. The molecule has 4 unspecified atom stereocenters. The highest BCUT2D eigenvalue weighted by atomic mass is 32.2. The van der Waals surface area contributed by atoms with E-state index in [4.69, 9.17) is 4.74 Å². The molecule has 264 valence electrons. The second-order valence-electron chi connectivity index (χ2n) is 18.1. The topological polar surface area (TPSA) is 75.7 Å². The van der Waals surface area contributed by atoms with Gasteiger partial charge in [0.1, 0.15) is 0 Å². The zero-order valence-corrected chi connectivity index (χ0v) is 31.1. The Morgan fingerprint density at radius 3 is 2.43 bits per heavy atom. The van der Waals surface area contributed by atoms with Crippen molar-refractivity contribution in [3.05, 3.63) is 23.3 Å². The van der Waals surface area contributed by atoms with E-state index in [2.05, 4.69) is 50.1 Å². The Balaban J connectivity index is 1.04. The number of rotatable bonds is 7. The largest absolute Gasteiger partial charge is 0.466 e. The first-order valence-corrected chi connectivity index (χ1v) is 21.4. The van der Waals surface area contributed by atoms with Crippen LogP contribution in [0, 0.1) is 51.8 Å². The maximum atomic E-state index is 12.4. The Morgan fingerprint density at radius 1 is 0.915 bits per heavy atom. The predicted octanol–water partition coefficient (Wildman–Crippen LogP) is 7.35. The van der Waals surface area contributed by atoms with Gasteiger partial charge in [-0.15, -0.1) is 0 Å². The summed E-state index contributed by atoms with van der Waals surface area (Å²) in [5, 5.41) is 4.17. The number of carbonyl (C=O) groups excluding carboxylic acids is 1. The summed E-state index contributed by atoms with van der Waals surface area (Å²) in [5.41, 5.74) is 4.34. The van der Waals surface area contributed by atoms with Gasteiger partial charge >= 0.3 is 5.97 Å². The molecule has 6 aliphatic carbocycles. The molecular weight excluding hydrogens is 605 g/mol. The molecule has 7 aliphatic rings. The second-order valence-corrected chi connectivity index (χ2v) is 20.4. The number of hydrogen-bond donors (Lipinski definition) is 1. The molecule has 5 fully saturated rings. The zero-order chi connectivity index (χ0) is 33.2. The van der Waals surface area contributed by atoms with Gasteiger partial charge in [-0.3, -0.25) is 4.79 Å². The summed E-state index contributed by atoms with van der Waals surface area (Å²) in [5.74, 6) is 4.66. The van der Waals surface area contributed by atoms with Gasteiger partial charge in [0.25, 0.3) is 0 Å². The Bertz CT molecular complexity index is 1370. The van der Waals surface area contributed by atoms with Crippen LogP contribution in [-0.4, -0.2) is 69.1 Å². The van der Waals surface area contributed by atoms with Crippen LogP contribution < -0.4 is 5.32 Å². The van der Waals surface area contributed by atoms with Gasteiger partial charge < -0.3 is 15.0 Å². The number of sulfone groups is 1. The first-order chi connectivity index (χ1) is 22.3. The molecule has 4 saturated carbocycles. The standard InChI is InChI=1S/C40H64N2O4S/c1-6-46-36(43)29-11-9-28(10-12-29)31-15-19-39(5)34(37(31,2)3)17-20-38(4)32-16-21-40(18-7-8-33(40)30(32)13-14-35(38)39)41-22-23-42-24-26-47(44,45)27-25-42/h9,15,29-30,32-35,41H,6-8,10-14,16-27H2,1-5H3/t29-,30-,32?,33?,34?,35?,38-,39-,40-/m0/s1. The van der Waals surface area contributed by atoms with Crippen molar-refractivity contribution in [3.63, 3.8) is 0 Å². The van der Waals surface area contributed by atoms with Crippen molar-refractivity contribution in [2.45, 2.75) is 124 Å². The molecule has 0 radical (unpaired) electrons. The van der Waals surface area contributed by atoms with Gasteiger partial charge in [-0.2, -0.15) is 0 Å². The average Bonchev–Trinajstić information content (AvgIpc) is 3.46. The normalized spacial score (nSPS) is 44.2. The lowest BCUT2D eigenvalue weighted by molar-refractivity contribution is -0.175. The Kier molecular flexibility index (Phi) is 9.15. The minimum Gasteiger partial charge on any atom is -0.466 e. The first kappa shape index (κ1) is 34.3. The van der Waals surface area contributed by atoms with Gasteiger partial charge in [0, 0.05) is 31.7 Å². The summed E-state index contributed by atoms with van der Waals surface area (Å²) < 4.78 is 29.2. The molecule has 0 spiro atoms. The number of allylic oxidation sites excluding steroid dienone is 4. The molecule has 47 heavy (non-hydrogen) atoms. The second kappa shape index (κ2) is 12.5. The summed E-state index contributed by atoms with van der Waals surface area (Å²) in [4.78, 5) is 14.8. The average molecular weight is 669 g/mol. The third-order valence-corrected chi connectivity index (χ3v) is 17.4. The van der Waals surface area contributed by atoms with Crippen LogP contribution in [0.1, 0.15) is 118 Å². The molecule has 6 nitrogen and oxygen atoms in total. The molecule has 0 aromatic rings. The van der Waals surface area contributed by atoms with Gasteiger partial charge in [-0.25, -0.2) is 8.42 Å². The zero-order valence-electron chi connectivity index (χ0n) is 30.2. The molecule has 0 bridgehead atoms. The molecular formula is C40H64N2O4S. The van der Waals surface area contributed by atoms with E-state index in [1.807, 2.05) is 6.92 Å². The lowest BCUT2D eigenvalue weighted by Gasteiger charge is -2.68. The molecule has 1 heterocycles. The van der Waals surface area contributed by atoms with E-state index in [1.54, 1.807) is 5.57 Å². The molecule has 0 aromatic heterocycles. The van der Waals surface area contributed by atoms with E-state index < -0.39 is 9.84 Å². The van der Waals surface area contributed by atoms with E-state index in [1.165, 1.54) is 69.8 Å². The number of ether oxygens (including phenoxy) is 1. The van der Waals surface area contributed by atoms with E-state index in [-0.39, 0.29) is 17.3 Å². The molecule has 1 aliphatic heterocycles. The molecule has 0 aromatic carbocycles. The van der Waals surface area contributed by atoms with E-state index in [0.29, 0.717) is 53.5 Å². The summed E-state index contributed by atoms with van der Waals surface area (Å²) in [6.07, 6.45) is 21.3. The minimum atomic E-state index is -2.82. The lowest BCUT2D eigenvalue weighted by atomic mass is 9.37. The number of esters is 1. The van der Waals surface area contributed by atoms with Gasteiger partial charge in [-0.1, -0.05) is 46.3 Å². The Hall–Kier alpha value is -1.18. The number of nitrogens with one attached hydrogen (secondary N) is 1. The predicted molar refractivity (Wildman–Crippen MR) is 190 cm³/mol. The van der Waals surface area contributed by atoms with Crippen molar-refractivity contribution >= 4 is 15.8 Å².